The SMILES string of the molecule is CC(C)(C)C1=CCN(Cc2ccccc2)CC1. The van der Waals surface area contributed by atoms with Gasteiger partial charge in [-0.15, -0.1) is 0 Å². The van der Waals surface area contributed by atoms with E-state index in [1.807, 2.05) is 0 Å². The molecule has 0 bridgehead atoms. The fraction of sp³-hybridized carbons (Fsp3) is 0.500. The van der Waals surface area contributed by atoms with Gasteiger partial charge in [0.1, 0.15) is 0 Å². The first-order valence-corrected chi connectivity index (χ1v) is 6.51. The van der Waals surface area contributed by atoms with Crippen molar-refractivity contribution in [1.82, 2.24) is 4.90 Å². The van der Waals surface area contributed by atoms with Gasteiger partial charge in [0, 0.05) is 19.6 Å². The van der Waals surface area contributed by atoms with Crippen molar-refractivity contribution >= 4 is 0 Å². The first kappa shape index (κ1) is 12.4. The number of hydrogen-bond acceptors (Lipinski definition) is 1. The van der Waals surface area contributed by atoms with E-state index in [-0.39, 0.29) is 0 Å². The van der Waals surface area contributed by atoms with Crippen molar-refractivity contribution < 1.29 is 0 Å². The Morgan fingerprint density at radius 2 is 1.82 bits per heavy atom. The van der Waals surface area contributed by atoms with Gasteiger partial charge in [0.15, 0.2) is 0 Å². The number of rotatable bonds is 2. The van der Waals surface area contributed by atoms with E-state index in [0.29, 0.717) is 5.41 Å². The lowest BCUT2D eigenvalue weighted by Crippen LogP contribution is -2.30. The summed E-state index contributed by atoms with van der Waals surface area (Å²) in [5.74, 6) is 0. The van der Waals surface area contributed by atoms with E-state index in [1.54, 1.807) is 5.57 Å². The van der Waals surface area contributed by atoms with Crippen molar-refractivity contribution in [3.05, 3.63) is 47.5 Å². The molecule has 1 aromatic rings. The van der Waals surface area contributed by atoms with Gasteiger partial charge in [0.25, 0.3) is 0 Å². The van der Waals surface area contributed by atoms with Crippen LogP contribution in [-0.2, 0) is 6.54 Å². The minimum absolute atomic E-state index is 0.346. The molecule has 0 N–H and O–H groups in total. The minimum Gasteiger partial charge on any atom is -0.295 e. The largest absolute Gasteiger partial charge is 0.295 e. The second-order valence-electron chi connectivity index (χ2n) is 5.95. The Labute approximate surface area is 105 Å². The van der Waals surface area contributed by atoms with Gasteiger partial charge in [0.2, 0.25) is 0 Å². The van der Waals surface area contributed by atoms with Gasteiger partial charge in [-0.1, -0.05) is 62.8 Å². The summed E-state index contributed by atoms with van der Waals surface area (Å²) < 4.78 is 0. The molecule has 1 heterocycles. The highest BCUT2D eigenvalue weighted by Gasteiger charge is 2.20. The third kappa shape index (κ3) is 3.44. The van der Waals surface area contributed by atoms with Crippen LogP contribution in [0.5, 0.6) is 0 Å². The highest BCUT2D eigenvalue weighted by Crippen LogP contribution is 2.30. The molecule has 0 spiro atoms. The lowest BCUT2D eigenvalue weighted by molar-refractivity contribution is 0.271. The molecule has 1 heteroatoms. The highest BCUT2D eigenvalue weighted by atomic mass is 15.1. The molecule has 1 aromatic carbocycles. The second-order valence-corrected chi connectivity index (χ2v) is 5.95. The van der Waals surface area contributed by atoms with E-state index >= 15 is 0 Å². The van der Waals surface area contributed by atoms with E-state index in [2.05, 4.69) is 62.1 Å². The van der Waals surface area contributed by atoms with Crippen LogP contribution in [0.3, 0.4) is 0 Å². The van der Waals surface area contributed by atoms with Crippen LogP contribution in [0.25, 0.3) is 0 Å². The zero-order chi connectivity index (χ0) is 12.3. The molecule has 0 aliphatic carbocycles. The summed E-state index contributed by atoms with van der Waals surface area (Å²) in [6.07, 6.45) is 3.64. The van der Waals surface area contributed by atoms with E-state index in [0.717, 1.165) is 13.1 Å². The van der Waals surface area contributed by atoms with Crippen LogP contribution in [0, 0.1) is 5.41 Å². The molecule has 17 heavy (non-hydrogen) atoms. The quantitative estimate of drug-likeness (QED) is 0.696. The van der Waals surface area contributed by atoms with Crippen LogP contribution in [0.4, 0.5) is 0 Å². The topological polar surface area (TPSA) is 3.24 Å². The summed E-state index contributed by atoms with van der Waals surface area (Å²) in [5, 5.41) is 0. The molecule has 2 rings (SSSR count). The number of hydrogen-bond donors (Lipinski definition) is 0. The Bertz CT molecular complexity index is 384. The summed E-state index contributed by atoms with van der Waals surface area (Å²) in [7, 11) is 0. The van der Waals surface area contributed by atoms with Gasteiger partial charge >= 0.3 is 0 Å². The van der Waals surface area contributed by atoms with Crippen LogP contribution in [0.2, 0.25) is 0 Å². The number of nitrogens with zero attached hydrogens (tertiary/aromatic N) is 1. The predicted molar refractivity (Wildman–Crippen MR) is 73.9 cm³/mol. The Hall–Kier alpha value is -1.08. The zero-order valence-electron chi connectivity index (χ0n) is 11.2. The summed E-state index contributed by atoms with van der Waals surface area (Å²) in [4.78, 5) is 2.52. The Kier molecular flexibility index (Phi) is 3.68. The van der Waals surface area contributed by atoms with Gasteiger partial charge in [-0.2, -0.15) is 0 Å². The smallest absolute Gasteiger partial charge is 0.0237 e. The maximum atomic E-state index is 2.52. The molecule has 0 saturated heterocycles. The van der Waals surface area contributed by atoms with Gasteiger partial charge in [-0.05, 0) is 17.4 Å². The molecule has 0 amide bonds. The number of benzene rings is 1. The standard InChI is InChI=1S/C16H23N/c1-16(2,3)15-9-11-17(12-10-15)13-14-7-5-4-6-8-14/h4-9H,10-13H2,1-3H3. The first-order valence-electron chi connectivity index (χ1n) is 6.51. The third-order valence-electron chi connectivity index (χ3n) is 3.51. The molecule has 0 radical (unpaired) electrons. The zero-order valence-corrected chi connectivity index (χ0v) is 11.2. The molecular weight excluding hydrogens is 206 g/mol. The lowest BCUT2D eigenvalue weighted by Gasteiger charge is -2.32. The van der Waals surface area contributed by atoms with Crippen LogP contribution in [0.15, 0.2) is 42.0 Å². The molecule has 92 valence electrons. The summed E-state index contributed by atoms with van der Waals surface area (Å²) in [5.41, 5.74) is 3.38. The monoisotopic (exact) mass is 229 g/mol. The summed E-state index contributed by atoms with van der Waals surface area (Å²) >= 11 is 0. The molecule has 0 unspecified atom stereocenters. The van der Waals surface area contributed by atoms with Crippen molar-refractivity contribution in [2.24, 2.45) is 5.41 Å². The maximum absolute atomic E-state index is 2.52. The first-order chi connectivity index (χ1) is 8.05. The average Bonchev–Trinajstić information content (AvgIpc) is 2.30. The van der Waals surface area contributed by atoms with Crippen molar-refractivity contribution in [1.29, 1.82) is 0 Å². The maximum Gasteiger partial charge on any atom is 0.0237 e. The van der Waals surface area contributed by atoms with Gasteiger partial charge in [0.05, 0.1) is 0 Å². The molecule has 1 nitrogen and oxygen atoms in total. The molecule has 1 aliphatic rings. The molecular formula is C16H23N. The molecule has 0 saturated carbocycles. The van der Waals surface area contributed by atoms with Crippen LogP contribution >= 0.6 is 0 Å². The summed E-state index contributed by atoms with van der Waals surface area (Å²) in [6, 6.07) is 10.7. The highest BCUT2D eigenvalue weighted by molar-refractivity contribution is 5.17. The minimum atomic E-state index is 0.346. The third-order valence-corrected chi connectivity index (χ3v) is 3.51. The Morgan fingerprint density at radius 3 is 2.35 bits per heavy atom. The molecule has 0 atom stereocenters. The Morgan fingerprint density at radius 1 is 1.12 bits per heavy atom. The van der Waals surface area contributed by atoms with E-state index in [4.69, 9.17) is 0 Å². The van der Waals surface area contributed by atoms with Crippen molar-refractivity contribution in [2.75, 3.05) is 13.1 Å². The lowest BCUT2D eigenvalue weighted by atomic mass is 9.83. The fourth-order valence-corrected chi connectivity index (χ4v) is 2.38. The van der Waals surface area contributed by atoms with Crippen LogP contribution < -0.4 is 0 Å². The fourth-order valence-electron chi connectivity index (χ4n) is 2.38. The molecule has 0 fully saturated rings. The normalized spacial score (nSPS) is 17.9. The van der Waals surface area contributed by atoms with Crippen molar-refractivity contribution in [3.8, 4) is 0 Å². The second kappa shape index (κ2) is 5.05. The predicted octanol–water partition coefficient (Wildman–Crippen LogP) is 3.86. The van der Waals surface area contributed by atoms with Crippen molar-refractivity contribution in [3.63, 3.8) is 0 Å². The van der Waals surface area contributed by atoms with Gasteiger partial charge in [-0.25, -0.2) is 0 Å². The van der Waals surface area contributed by atoms with Crippen LogP contribution in [-0.4, -0.2) is 18.0 Å². The van der Waals surface area contributed by atoms with Crippen molar-refractivity contribution in [2.45, 2.75) is 33.7 Å². The van der Waals surface area contributed by atoms with Gasteiger partial charge in [-0.3, -0.25) is 4.90 Å². The molecule has 1 aliphatic heterocycles. The van der Waals surface area contributed by atoms with E-state index < -0.39 is 0 Å². The summed E-state index contributed by atoms with van der Waals surface area (Å²) in [6.45, 7) is 10.3. The van der Waals surface area contributed by atoms with E-state index in [9.17, 15) is 0 Å². The van der Waals surface area contributed by atoms with Crippen LogP contribution in [0.1, 0.15) is 32.8 Å². The Balaban J connectivity index is 1.94. The molecule has 0 aromatic heterocycles. The van der Waals surface area contributed by atoms with E-state index in [1.165, 1.54) is 18.5 Å². The van der Waals surface area contributed by atoms with Gasteiger partial charge < -0.3 is 0 Å². The average molecular weight is 229 g/mol.